The largest absolute Gasteiger partial charge is 0.508 e. The van der Waals surface area contributed by atoms with Gasteiger partial charge >= 0.3 is 5.97 Å². The van der Waals surface area contributed by atoms with E-state index >= 15 is 0 Å². The van der Waals surface area contributed by atoms with Gasteiger partial charge in [0.25, 0.3) is 0 Å². The topological polar surface area (TPSA) is 65.0 Å². The minimum atomic E-state index is -0.517. The Hall–Kier alpha value is -2.69. The van der Waals surface area contributed by atoms with Gasteiger partial charge in [-0.15, -0.1) is 0 Å². The van der Waals surface area contributed by atoms with Crippen LogP contribution in [0.3, 0.4) is 0 Å². The molecule has 0 heterocycles. The molecule has 0 fully saturated rings. The van der Waals surface area contributed by atoms with E-state index in [2.05, 4.69) is 0 Å². The van der Waals surface area contributed by atoms with Gasteiger partial charge in [0, 0.05) is 0 Å². The summed E-state index contributed by atoms with van der Waals surface area (Å²) in [5, 5.41) is 9.16. The Kier molecular flexibility index (Phi) is 4.10. The maximum absolute atomic E-state index is 12.0. The third kappa shape index (κ3) is 3.00. The molecule has 0 aliphatic carbocycles. The van der Waals surface area contributed by atoms with Gasteiger partial charge in [0.15, 0.2) is 11.5 Å². The number of phenols is 1. The van der Waals surface area contributed by atoms with Crippen LogP contribution < -0.4 is 14.2 Å². The highest BCUT2D eigenvalue weighted by Gasteiger charge is 2.12. The molecule has 1 N–H and O–H groups in total. The molecule has 0 aliphatic rings. The molecule has 2 aromatic rings. The van der Waals surface area contributed by atoms with Crippen LogP contribution in [0.2, 0.25) is 0 Å². The van der Waals surface area contributed by atoms with Crippen molar-refractivity contribution in [3.63, 3.8) is 0 Å². The van der Waals surface area contributed by atoms with Crippen LogP contribution in [0.15, 0.2) is 42.5 Å². The van der Waals surface area contributed by atoms with Crippen molar-refractivity contribution in [2.24, 2.45) is 0 Å². The van der Waals surface area contributed by atoms with E-state index in [1.165, 1.54) is 38.5 Å². The summed E-state index contributed by atoms with van der Waals surface area (Å²) in [6.45, 7) is 0. The molecule has 104 valence electrons. The summed E-state index contributed by atoms with van der Waals surface area (Å²) in [5.74, 6) is 0.927. The molecule has 0 amide bonds. The smallest absolute Gasteiger partial charge is 0.343 e. The molecule has 0 radical (unpaired) electrons. The average Bonchev–Trinajstić information content (AvgIpc) is 2.48. The van der Waals surface area contributed by atoms with E-state index in [4.69, 9.17) is 19.3 Å². The van der Waals surface area contributed by atoms with Crippen molar-refractivity contribution in [2.75, 3.05) is 14.2 Å². The lowest BCUT2D eigenvalue weighted by molar-refractivity contribution is 0.0734. The number of benzene rings is 2. The third-order valence-electron chi connectivity index (χ3n) is 2.67. The molecule has 20 heavy (non-hydrogen) atoms. The molecule has 0 spiro atoms. The molecule has 0 saturated carbocycles. The molecule has 5 nitrogen and oxygen atoms in total. The van der Waals surface area contributed by atoms with E-state index in [1.807, 2.05) is 0 Å². The van der Waals surface area contributed by atoms with E-state index in [-0.39, 0.29) is 5.75 Å². The first kappa shape index (κ1) is 13.7. The van der Waals surface area contributed by atoms with Crippen molar-refractivity contribution in [3.8, 4) is 23.0 Å². The lowest BCUT2D eigenvalue weighted by atomic mass is 10.2. The Morgan fingerprint density at radius 3 is 2.20 bits per heavy atom. The molecule has 0 bridgehead atoms. The highest BCUT2D eigenvalue weighted by Crippen LogP contribution is 2.28. The number of methoxy groups -OCH3 is 2. The Morgan fingerprint density at radius 2 is 1.60 bits per heavy atom. The van der Waals surface area contributed by atoms with E-state index < -0.39 is 5.97 Å². The number of rotatable bonds is 4. The van der Waals surface area contributed by atoms with Gasteiger partial charge in [-0.3, -0.25) is 0 Å². The SMILES string of the molecule is COc1ccc(C(=O)Oc2ccc(O)cc2)cc1OC. The van der Waals surface area contributed by atoms with Crippen molar-refractivity contribution in [2.45, 2.75) is 0 Å². The molecule has 2 aromatic carbocycles. The number of hydrogen-bond donors (Lipinski definition) is 1. The highest BCUT2D eigenvalue weighted by atomic mass is 16.5. The first-order valence-corrected chi connectivity index (χ1v) is 5.87. The van der Waals surface area contributed by atoms with Crippen LogP contribution in [0.25, 0.3) is 0 Å². The number of carbonyl (C=O) groups is 1. The van der Waals surface area contributed by atoms with Gasteiger partial charge in [-0.1, -0.05) is 0 Å². The first-order chi connectivity index (χ1) is 9.63. The van der Waals surface area contributed by atoms with Gasteiger partial charge in [-0.25, -0.2) is 4.79 Å². The summed E-state index contributed by atoms with van der Waals surface area (Å²) < 4.78 is 15.4. The second kappa shape index (κ2) is 5.97. The zero-order valence-corrected chi connectivity index (χ0v) is 11.1. The molecule has 5 heteroatoms. The second-order valence-corrected chi connectivity index (χ2v) is 3.95. The van der Waals surface area contributed by atoms with Crippen molar-refractivity contribution in [3.05, 3.63) is 48.0 Å². The molecular weight excluding hydrogens is 260 g/mol. The molecular formula is C15H14O5. The maximum atomic E-state index is 12.0. The first-order valence-electron chi connectivity index (χ1n) is 5.87. The highest BCUT2D eigenvalue weighted by molar-refractivity contribution is 5.91. The van der Waals surface area contributed by atoms with Crippen LogP contribution in [0.4, 0.5) is 0 Å². The number of ether oxygens (including phenoxy) is 3. The van der Waals surface area contributed by atoms with E-state index in [1.54, 1.807) is 18.2 Å². The lowest BCUT2D eigenvalue weighted by Gasteiger charge is -2.09. The van der Waals surface area contributed by atoms with E-state index in [0.29, 0.717) is 22.8 Å². The molecule has 0 aromatic heterocycles. The van der Waals surface area contributed by atoms with Crippen LogP contribution in [-0.4, -0.2) is 25.3 Å². The lowest BCUT2D eigenvalue weighted by Crippen LogP contribution is -2.08. The van der Waals surface area contributed by atoms with Gasteiger partial charge in [0.1, 0.15) is 11.5 Å². The predicted molar refractivity (Wildman–Crippen MR) is 72.6 cm³/mol. The summed E-state index contributed by atoms with van der Waals surface area (Å²) in [6, 6.07) is 10.7. The van der Waals surface area contributed by atoms with Crippen LogP contribution in [-0.2, 0) is 0 Å². The Morgan fingerprint density at radius 1 is 0.950 bits per heavy atom. The summed E-state index contributed by atoms with van der Waals surface area (Å²) >= 11 is 0. The molecule has 0 aliphatic heterocycles. The Balaban J connectivity index is 2.18. The monoisotopic (exact) mass is 274 g/mol. The molecule has 0 unspecified atom stereocenters. The number of esters is 1. The number of hydrogen-bond acceptors (Lipinski definition) is 5. The average molecular weight is 274 g/mol. The summed E-state index contributed by atoms with van der Waals surface area (Å²) in [7, 11) is 3.01. The van der Waals surface area contributed by atoms with Crippen LogP contribution in [0, 0.1) is 0 Å². The maximum Gasteiger partial charge on any atom is 0.343 e. The number of aromatic hydroxyl groups is 1. The zero-order chi connectivity index (χ0) is 14.5. The minimum Gasteiger partial charge on any atom is -0.508 e. The van der Waals surface area contributed by atoms with Gasteiger partial charge in [0.05, 0.1) is 19.8 Å². The number of phenolic OH excluding ortho intramolecular Hbond substituents is 1. The van der Waals surface area contributed by atoms with Gasteiger partial charge in [-0.2, -0.15) is 0 Å². The summed E-state index contributed by atoms with van der Waals surface area (Å²) in [6.07, 6.45) is 0. The molecule has 2 rings (SSSR count). The standard InChI is InChI=1S/C15H14O5/c1-18-13-8-3-10(9-14(13)19-2)15(17)20-12-6-4-11(16)5-7-12/h3-9,16H,1-2H3. The van der Waals surface area contributed by atoms with Crippen molar-refractivity contribution in [1.82, 2.24) is 0 Å². The minimum absolute atomic E-state index is 0.107. The normalized spacial score (nSPS) is 9.90. The Bertz CT molecular complexity index is 604. The fraction of sp³-hybridized carbons (Fsp3) is 0.133. The van der Waals surface area contributed by atoms with E-state index in [9.17, 15) is 4.79 Å². The van der Waals surface area contributed by atoms with Crippen LogP contribution >= 0.6 is 0 Å². The van der Waals surface area contributed by atoms with Crippen LogP contribution in [0.5, 0.6) is 23.0 Å². The molecule has 0 saturated heterocycles. The Labute approximate surface area is 116 Å². The quantitative estimate of drug-likeness (QED) is 0.685. The van der Waals surface area contributed by atoms with Crippen molar-refractivity contribution >= 4 is 5.97 Å². The van der Waals surface area contributed by atoms with Crippen molar-refractivity contribution < 1.29 is 24.1 Å². The summed E-state index contributed by atoms with van der Waals surface area (Å²) in [4.78, 5) is 12.0. The van der Waals surface area contributed by atoms with E-state index in [0.717, 1.165) is 0 Å². The second-order valence-electron chi connectivity index (χ2n) is 3.95. The number of carbonyl (C=O) groups excluding carboxylic acids is 1. The predicted octanol–water partition coefficient (Wildman–Crippen LogP) is 2.63. The van der Waals surface area contributed by atoms with Gasteiger partial charge in [-0.05, 0) is 42.5 Å². The van der Waals surface area contributed by atoms with Crippen LogP contribution in [0.1, 0.15) is 10.4 Å². The van der Waals surface area contributed by atoms with Gasteiger partial charge < -0.3 is 19.3 Å². The third-order valence-corrected chi connectivity index (χ3v) is 2.67. The van der Waals surface area contributed by atoms with Gasteiger partial charge in [0.2, 0.25) is 0 Å². The zero-order valence-electron chi connectivity index (χ0n) is 11.1. The summed E-state index contributed by atoms with van der Waals surface area (Å²) in [5.41, 5.74) is 0.343. The van der Waals surface area contributed by atoms with Crippen molar-refractivity contribution in [1.29, 1.82) is 0 Å². The molecule has 0 atom stereocenters. The fourth-order valence-corrected chi connectivity index (χ4v) is 1.64. The fourth-order valence-electron chi connectivity index (χ4n) is 1.64.